The summed E-state index contributed by atoms with van der Waals surface area (Å²) in [5.74, 6) is -0.173. The van der Waals surface area contributed by atoms with E-state index in [1.807, 2.05) is 6.92 Å². The third-order valence-electron chi connectivity index (χ3n) is 2.64. The van der Waals surface area contributed by atoms with Crippen LogP contribution in [0.4, 0.5) is 14.5 Å². The second-order valence-corrected chi connectivity index (χ2v) is 3.89. The predicted octanol–water partition coefficient (Wildman–Crippen LogP) is 3.18. The zero-order valence-corrected chi connectivity index (χ0v) is 8.06. The molecule has 14 heavy (non-hydrogen) atoms. The van der Waals surface area contributed by atoms with Gasteiger partial charge < -0.3 is 5.32 Å². The van der Waals surface area contributed by atoms with Gasteiger partial charge in [0.15, 0.2) is 0 Å². The lowest BCUT2D eigenvalue weighted by Crippen LogP contribution is -2.18. The van der Waals surface area contributed by atoms with Crippen molar-refractivity contribution in [3.8, 4) is 0 Å². The van der Waals surface area contributed by atoms with E-state index in [2.05, 4.69) is 5.32 Å². The molecular formula is C11H13F2N. The van der Waals surface area contributed by atoms with Gasteiger partial charge in [-0.15, -0.1) is 0 Å². The lowest BCUT2D eigenvalue weighted by molar-refractivity contribution is 0.596. The number of rotatable bonds is 3. The molecule has 0 bridgehead atoms. The molecule has 0 radical (unpaired) electrons. The topological polar surface area (TPSA) is 12.0 Å². The molecule has 0 spiro atoms. The average Bonchev–Trinajstić information content (AvgIpc) is 2.94. The number of hydrogen-bond acceptors (Lipinski definition) is 1. The van der Waals surface area contributed by atoms with Crippen molar-refractivity contribution < 1.29 is 8.78 Å². The van der Waals surface area contributed by atoms with Crippen LogP contribution in [0, 0.1) is 17.6 Å². The standard InChI is InChI=1S/C11H13F2N/c1-7(8-2-3-8)14-11-6-9(12)4-5-10(11)13/h4-8,14H,2-3H2,1H3. The summed E-state index contributed by atoms with van der Waals surface area (Å²) in [7, 11) is 0. The van der Waals surface area contributed by atoms with Crippen molar-refractivity contribution in [2.75, 3.05) is 5.32 Å². The molecule has 0 aromatic heterocycles. The van der Waals surface area contributed by atoms with Crippen LogP contribution in [-0.2, 0) is 0 Å². The molecule has 0 saturated heterocycles. The van der Waals surface area contributed by atoms with Crippen LogP contribution in [0.5, 0.6) is 0 Å². The van der Waals surface area contributed by atoms with Gasteiger partial charge in [-0.1, -0.05) is 0 Å². The van der Waals surface area contributed by atoms with E-state index < -0.39 is 5.82 Å². The monoisotopic (exact) mass is 197 g/mol. The fraction of sp³-hybridized carbons (Fsp3) is 0.455. The van der Waals surface area contributed by atoms with Crippen molar-refractivity contribution in [1.82, 2.24) is 0 Å². The third kappa shape index (κ3) is 2.03. The van der Waals surface area contributed by atoms with Crippen LogP contribution >= 0.6 is 0 Å². The molecule has 1 N–H and O–H groups in total. The molecule has 0 heterocycles. The summed E-state index contributed by atoms with van der Waals surface area (Å²) in [4.78, 5) is 0. The molecule has 1 aromatic carbocycles. The number of anilines is 1. The normalized spacial score (nSPS) is 17.9. The van der Waals surface area contributed by atoms with Gasteiger partial charge in [-0.2, -0.15) is 0 Å². The fourth-order valence-corrected chi connectivity index (χ4v) is 1.57. The number of nitrogens with one attached hydrogen (secondary N) is 1. The maximum atomic E-state index is 13.2. The van der Waals surface area contributed by atoms with E-state index in [0.29, 0.717) is 5.92 Å². The largest absolute Gasteiger partial charge is 0.380 e. The molecule has 76 valence electrons. The highest BCUT2D eigenvalue weighted by Gasteiger charge is 2.28. The first kappa shape index (κ1) is 9.44. The number of benzene rings is 1. The van der Waals surface area contributed by atoms with Gasteiger partial charge in [0.2, 0.25) is 0 Å². The van der Waals surface area contributed by atoms with Crippen LogP contribution < -0.4 is 5.32 Å². The minimum atomic E-state index is -0.406. The molecule has 1 aliphatic carbocycles. The Labute approximate surface area is 82.1 Å². The highest BCUT2D eigenvalue weighted by molar-refractivity contribution is 5.45. The molecule has 1 aliphatic rings. The summed E-state index contributed by atoms with van der Waals surface area (Å²) in [5, 5.41) is 3.00. The minimum absolute atomic E-state index is 0.228. The Morgan fingerprint density at radius 1 is 1.36 bits per heavy atom. The van der Waals surface area contributed by atoms with E-state index in [1.165, 1.54) is 18.9 Å². The van der Waals surface area contributed by atoms with E-state index in [4.69, 9.17) is 0 Å². The van der Waals surface area contributed by atoms with Crippen LogP contribution in [0.1, 0.15) is 19.8 Å². The predicted molar refractivity (Wildman–Crippen MR) is 52.2 cm³/mol. The highest BCUT2D eigenvalue weighted by Crippen LogP contribution is 2.34. The Bertz CT molecular complexity index is 334. The third-order valence-corrected chi connectivity index (χ3v) is 2.64. The SMILES string of the molecule is CC(Nc1cc(F)ccc1F)C1CC1. The van der Waals surface area contributed by atoms with Crippen LogP contribution in [0.2, 0.25) is 0 Å². The molecule has 0 amide bonds. The van der Waals surface area contributed by atoms with Crippen molar-refractivity contribution in [2.45, 2.75) is 25.8 Å². The number of halogens is 2. The summed E-state index contributed by atoms with van der Waals surface area (Å²) in [6.45, 7) is 2.00. The first-order chi connectivity index (χ1) is 6.66. The molecule has 1 atom stereocenters. The van der Waals surface area contributed by atoms with E-state index in [0.717, 1.165) is 12.1 Å². The van der Waals surface area contributed by atoms with Gasteiger partial charge in [-0.25, -0.2) is 8.78 Å². The van der Waals surface area contributed by atoms with E-state index >= 15 is 0 Å². The zero-order chi connectivity index (χ0) is 10.1. The Morgan fingerprint density at radius 2 is 2.07 bits per heavy atom. The molecule has 2 rings (SSSR count). The van der Waals surface area contributed by atoms with Gasteiger partial charge in [-0.3, -0.25) is 0 Å². The van der Waals surface area contributed by atoms with E-state index in [9.17, 15) is 8.78 Å². The van der Waals surface area contributed by atoms with Crippen LogP contribution in [0.25, 0.3) is 0 Å². The van der Waals surface area contributed by atoms with Gasteiger partial charge >= 0.3 is 0 Å². The summed E-state index contributed by atoms with van der Waals surface area (Å²) in [5.41, 5.74) is 0.268. The first-order valence-corrected chi connectivity index (χ1v) is 4.88. The summed E-state index contributed by atoms with van der Waals surface area (Å²) in [6.07, 6.45) is 2.37. The van der Waals surface area contributed by atoms with E-state index in [1.54, 1.807) is 0 Å². The molecule has 3 heteroatoms. The zero-order valence-electron chi connectivity index (χ0n) is 8.06. The summed E-state index contributed by atoms with van der Waals surface area (Å²) in [6, 6.07) is 3.71. The van der Waals surface area contributed by atoms with Gasteiger partial charge in [0.25, 0.3) is 0 Å². The Hall–Kier alpha value is -1.12. The molecule has 1 aromatic rings. The van der Waals surface area contributed by atoms with Gasteiger partial charge in [0.05, 0.1) is 5.69 Å². The molecular weight excluding hydrogens is 184 g/mol. The lowest BCUT2D eigenvalue weighted by atomic mass is 10.2. The Morgan fingerprint density at radius 3 is 2.71 bits per heavy atom. The van der Waals surface area contributed by atoms with Crippen LogP contribution in [-0.4, -0.2) is 6.04 Å². The van der Waals surface area contributed by atoms with Gasteiger partial charge in [0, 0.05) is 6.04 Å². The second-order valence-electron chi connectivity index (χ2n) is 3.89. The molecule has 1 fully saturated rings. The summed E-state index contributed by atoms with van der Waals surface area (Å²) >= 11 is 0. The van der Waals surface area contributed by atoms with Crippen LogP contribution in [0.3, 0.4) is 0 Å². The Balaban J connectivity index is 2.10. The maximum absolute atomic E-state index is 13.2. The average molecular weight is 197 g/mol. The van der Waals surface area contributed by atoms with Crippen LogP contribution in [0.15, 0.2) is 18.2 Å². The van der Waals surface area contributed by atoms with Crippen molar-refractivity contribution in [1.29, 1.82) is 0 Å². The minimum Gasteiger partial charge on any atom is -0.380 e. The van der Waals surface area contributed by atoms with Crippen molar-refractivity contribution in [3.63, 3.8) is 0 Å². The first-order valence-electron chi connectivity index (χ1n) is 4.88. The molecule has 0 aliphatic heterocycles. The van der Waals surface area contributed by atoms with Crippen molar-refractivity contribution >= 4 is 5.69 Å². The molecule has 1 saturated carbocycles. The second kappa shape index (κ2) is 3.56. The maximum Gasteiger partial charge on any atom is 0.146 e. The lowest BCUT2D eigenvalue weighted by Gasteiger charge is -2.14. The smallest absolute Gasteiger partial charge is 0.146 e. The van der Waals surface area contributed by atoms with Crippen molar-refractivity contribution in [2.24, 2.45) is 5.92 Å². The number of hydrogen-bond donors (Lipinski definition) is 1. The quantitative estimate of drug-likeness (QED) is 0.784. The van der Waals surface area contributed by atoms with E-state index in [-0.39, 0.29) is 17.5 Å². The Kier molecular flexibility index (Phi) is 2.40. The highest BCUT2D eigenvalue weighted by atomic mass is 19.1. The molecule has 1 nitrogen and oxygen atoms in total. The van der Waals surface area contributed by atoms with Crippen molar-refractivity contribution in [3.05, 3.63) is 29.8 Å². The molecule has 1 unspecified atom stereocenters. The van der Waals surface area contributed by atoms with Gasteiger partial charge in [-0.05, 0) is 43.9 Å². The van der Waals surface area contributed by atoms with Gasteiger partial charge in [0.1, 0.15) is 11.6 Å². The summed E-state index contributed by atoms with van der Waals surface area (Å²) < 4.78 is 26.0. The fourth-order valence-electron chi connectivity index (χ4n) is 1.57.